The van der Waals surface area contributed by atoms with Crippen LogP contribution in [0.3, 0.4) is 0 Å². The monoisotopic (exact) mass is 323 g/mol. The van der Waals surface area contributed by atoms with E-state index in [4.69, 9.17) is 4.74 Å². The van der Waals surface area contributed by atoms with Gasteiger partial charge in [-0.05, 0) is 48.4 Å². The zero-order chi connectivity index (χ0) is 17.1. The van der Waals surface area contributed by atoms with Crippen LogP contribution in [0.4, 0.5) is 0 Å². The number of hydrogen-bond acceptors (Lipinski definition) is 2. The molecule has 1 fully saturated rings. The van der Waals surface area contributed by atoms with Gasteiger partial charge in [-0.1, -0.05) is 49.4 Å². The molecular weight excluding hydrogens is 298 g/mol. The zero-order valence-electron chi connectivity index (χ0n) is 14.5. The molecule has 2 aromatic carbocycles. The molecule has 1 aliphatic carbocycles. The number of carbonyl (C=O) groups is 1. The van der Waals surface area contributed by atoms with Crippen LogP contribution < -0.4 is 10.1 Å². The molecule has 24 heavy (non-hydrogen) atoms. The highest BCUT2D eigenvalue weighted by Crippen LogP contribution is 2.47. The highest BCUT2D eigenvalue weighted by Gasteiger charge is 2.41. The maximum Gasteiger partial charge on any atom is 0.227 e. The molecule has 1 aliphatic rings. The van der Waals surface area contributed by atoms with Gasteiger partial charge in [0, 0.05) is 0 Å². The van der Waals surface area contributed by atoms with Gasteiger partial charge in [-0.15, -0.1) is 0 Å². The molecular formula is C21H25NO2. The Morgan fingerprint density at radius 2 is 1.71 bits per heavy atom. The Balaban J connectivity index is 1.73. The van der Waals surface area contributed by atoms with Crippen molar-refractivity contribution in [2.24, 2.45) is 11.8 Å². The van der Waals surface area contributed by atoms with Gasteiger partial charge in [0.05, 0.1) is 19.1 Å². The second-order valence-corrected chi connectivity index (χ2v) is 6.77. The van der Waals surface area contributed by atoms with Crippen LogP contribution in [0.5, 0.6) is 5.75 Å². The number of rotatable bonds is 6. The van der Waals surface area contributed by atoms with Crippen molar-refractivity contribution in [3.8, 4) is 5.75 Å². The minimum absolute atomic E-state index is 0.0770. The van der Waals surface area contributed by atoms with Gasteiger partial charge in [0.15, 0.2) is 0 Å². The number of methoxy groups -OCH3 is 1. The Labute approximate surface area is 144 Å². The van der Waals surface area contributed by atoms with Crippen LogP contribution in [-0.2, 0) is 4.79 Å². The summed E-state index contributed by atoms with van der Waals surface area (Å²) in [6.07, 6.45) is 1.18. The summed E-state index contributed by atoms with van der Waals surface area (Å²) in [7, 11) is 1.65. The molecule has 4 atom stereocenters. The summed E-state index contributed by atoms with van der Waals surface area (Å²) in [5.41, 5.74) is 2.20. The second kappa shape index (κ2) is 7.08. The summed E-state index contributed by atoms with van der Waals surface area (Å²) in [5, 5.41) is 3.28. The van der Waals surface area contributed by atoms with Crippen molar-refractivity contribution in [3.05, 3.63) is 65.7 Å². The highest BCUT2D eigenvalue weighted by atomic mass is 16.5. The number of hydrogen-bond donors (Lipinski definition) is 1. The summed E-state index contributed by atoms with van der Waals surface area (Å²) in [6, 6.07) is 18.1. The van der Waals surface area contributed by atoms with Gasteiger partial charge < -0.3 is 10.1 Å². The highest BCUT2D eigenvalue weighted by molar-refractivity contribution is 5.83. The average molecular weight is 323 g/mol. The predicted octanol–water partition coefficient (Wildman–Crippen LogP) is 4.31. The van der Waals surface area contributed by atoms with E-state index in [0.717, 1.165) is 11.3 Å². The van der Waals surface area contributed by atoms with E-state index in [0.29, 0.717) is 11.8 Å². The van der Waals surface area contributed by atoms with E-state index in [1.54, 1.807) is 7.11 Å². The van der Waals surface area contributed by atoms with Gasteiger partial charge in [0.1, 0.15) is 5.75 Å². The predicted molar refractivity (Wildman–Crippen MR) is 96.0 cm³/mol. The molecule has 0 spiro atoms. The summed E-state index contributed by atoms with van der Waals surface area (Å²) in [5.74, 6) is 1.91. The van der Waals surface area contributed by atoms with Gasteiger partial charge in [-0.3, -0.25) is 4.79 Å². The maximum atomic E-state index is 12.8. The van der Waals surface area contributed by atoms with Gasteiger partial charge in [0.25, 0.3) is 0 Å². The molecule has 2 aromatic rings. The summed E-state index contributed by atoms with van der Waals surface area (Å²) in [6.45, 7) is 4.20. The van der Waals surface area contributed by atoms with E-state index in [1.807, 2.05) is 49.4 Å². The van der Waals surface area contributed by atoms with Crippen molar-refractivity contribution >= 4 is 5.91 Å². The Morgan fingerprint density at radius 3 is 2.25 bits per heavy atom. The number of ether oxygens (including phenoxy) is 1. The average Bonchev–Trinajstić information content (AvgIpc) is 3.36. The van der Waals surface area contributed by atoms with Crippen molar-refractivity contribution in [3.63, 3.8) is 0 Å². The first kappa shape index (κ1) is 16.6. The summed E-state index contributed by atoms with van der Waals surface area (Å²) < 4.78 is 5.18. The second-order valence-electron chi connectivity index (χ2n) is 6.77. The first-order chi connectivity index (χ1) is 11.6. The topological polar surface area (TPSA) is 38.3 Å². The third-order valence-electron chi connectivity index (χ3n) is 5.07. The van der Waals surface area contributed by atoms with Crippen molar-refractivity contribution in [1.82, 2.24) is 5.32 Å². The van der Waals surface area contributed by atoms with Gasteiger partial charge >= 0.3 is 0 Å². The van der Waals surface area contributed by atoms with Crippen LogP contribution in [0.15, 0.2) is 54.6 Å². The number of amides is 1. The van der Waals surface area contributed by atoms with Gasteiger partial charge in [0.2, 0.25) is 5.91 Å². The first-order valence-corrected chi connectivity index (χ1v) is 8.59. The molecule has 1 amide bonds. The molecule has 0 bridgehead atoms. The minimum atomic E-state index is -0.184. The van der Waals surface area contributed by atoms with Crippen molar-refractivity contribution in [2.75, 3.05) is 7.11 Å². The van der Waals surface area contributed by atoms with E-state index in [9.17, 15) is 4.79 Å². The Morgan fingerprint density at radius 1 is 1.08 bits per heavy atom. The van der Waals surface area contributed by atoms with Crippen LogP contribution in [0.2, 0.25) is 0 Å². The molecule has 0 heterocycles. The minimum Gasteiger partial charge on any atom is -0.497 e. The van der Waals surface area contributed by atoms with E-state index in [1.165, 1.54) is 12.0 Å². The smallest absolute Gasteiger partial charge is 0.227 e. The Bertz CT molecular complexity index is 681. The van der Waals surface area contributed by atoms with Crippen molar-refractivity contribution in [2.45, 2.75) is 32.2 Å². The number of nitrogens with one attached hydrogen (secondary N) is 1. The SMILES string of the molecule is COc1ccc(C(C)C(=O)NC(c2ccccc2)C2CC2C)cc1. The fourth-order valence-electron chi connectivity index (χ4n) is 3.24. The van der Waals surface area contributed by atoms with Gasteiger partial charge in [-0.25, -0.2) is 0 Å². The fourth-order valence-corrected chi connectivity index (χ4v) is 3.24. The molecule has 3 heteroatoms. The molecule has 126 valence electrons. The normalized spacial score (nSPS) is 21.6. The van der Waals surface area contributed by atoms with Crippen LogP contribution in [0.1, 0.15) is 43.4 Å². The lowest BCUT2D eigenvalue weighted by Gasteiger charge is -2.22. The maximum absolute atomic E-state index is 12.8. The van der Waals surface area contributed by atoms with E-state index in [2.05, 4.69) is 24.4 Å². The van der Waals surface area contributed by atoms with Crippen LogP contribution in [0, 0.1) is 11.8 Å². The molecule has 1 N–H and O–H groups in total. The molecule has 3 rings (SSSR count). The van der Waals surface area contributed by atoms with Crippen molar-refractivity contribution in [1.29, 1.82) is 0 Å². The third kappa shape index (κ3) is 3.61. The van der Waals surface area contributed by atoms with E-state index in [-0.39, 0.29) is 17.9 Å². The molecule has 0 radical (unpaired) electrons. The van der Waals surface area contributed by atoms with E-state index < -0.39 is 0 Å². The lowest BCUT2D eigenvalue weighted by atomic mass is 9.97. The van der Waals surface area contributed by atoms with Crippen LogP contribution in [-0.4, -0.2) is 13.0 Å². The molecule has 0 saturated heterocycles. The summed E-state index contributed by atoms with van der Waals surface area (Å²) in [4.78, 5) is 12.8. The first-order valence-electron chi connectivity index (χ1n) is 8.59. The molecule has 4 unspecified atom stereocenters. The van der Waals surface area contributed by atoms with Gasteiger partial charge in [-0.2, -0.15) is 0 Å². The van der Waals surface area contributed by atoms with Crippen LogP contribution >= 0.6 is 0 Å². The largest absolute Gasteiger partial charge is 0.497 e. The molecule has 3 nitrogen and oxygen atoms in total. The zero-order valence-corrected chi connectivity index (χ0v) is 14.5. The molecule has 1 saturated carbocycles. The van der Waals surface area contributed by atoms with E-state index >= 15 is 0 Å². The quantitative estimate of drug-likeness (QED) is 0.860. The third-order valence-corrected chi connectivity index (χ3v) is 5.07. The standard InChI is InChI=1S/C21H25NO2/c1-14-13-19(14)20(17-7-5-4-6-8-17)22-21(23)15(2)16-9-11-18(24-3)12-10-16/h4-12,14-15,19-20H,13H2,1-3H3,(H,22,23). The lowest BCUT2D eigenvalue weighted by Crippen LogP contribution is -2.33. The number of benzene rings is 2. The van der Waals surface area contributed by atoms with Crippen molar-refractivity contribution < 1.29 is 9.53 Å². The lowest BCUT2D eigenvalue weighted by molar-refractivity contribution is -0.123. The van der Waals surface area contributed by atoms with Crippen LogP contribution in [0.25, 0.3) is 0 Å². The molecule has 0 aliphatic heterocycles. The fraction of sp³-hybridized carbons (Fsp3) is 0.381. The Hall–Kier alpha value is -2.29. The molecule has 0 aromatic heterocycles. The Kier molecular flexibility index (Phi) is 4.89. The number of carbonyl (C=O) groups excluding carboxylic acids is 1. The summed E-state index contributed by atoms with van der Waals surface area (Å²) >= 11 is 0.